The highest BCUT2D eigenvalue weighted by Crippen LogP contribution is 2.34. The predicted molar refractivity (Wildman–Crippen MR) is 82.6 cm³/mol. The standard InChI is InChI=1S/C17H14F3N3O/c1-24-15-7-6-14(11-23-9-3-8-21-23)22-16(15)12-4-2-5-13(10-12)17(18,19)20/h2-10H,11H2,1H3. The third-order valence-corrected chi connectivity index (χ3v) is 3.48. The van der Waals surface area contributed by atoms with Crippen LogP contribution in [-0.4, -0.2) is 21.9 Å². The number of alkyl halides is 3. The molecule has 0 radical (unpaired) electrons. The third kappa shape index (κ3) is 3.40. The number of rotatable bonds is 4. The van der Waals surface area contributed by atoms with Crippen molar-refractivity contribution in [2.24, 2.45) is 0 Å². The molecular weight excluding hydrogens is 319 g/mol. The van der Waals surface area contributed by atoms with E-state index in [0.29, 0.717) is 29.2 Å². The highest BCUT2D eigenvalue weighted by atomic mass is 19.4. The quantitative estimate of drug-likeness (QED) is 0.724. The van der Waals surface area contributed by atoms with Gasteiger partial charge in [0, 0.05) is 18.0 Å². The molecule has 2 aromatic heterocycles. The van der Waals surface area contributed by atoms with Crippen molar-refractivity contribution >= 4 is 0 Å². The molecule has 124 valence electrons. The van der Waals surface area contributed by atoms with E-state index in [9.17, 15) is 13.2 Å². The summed E-state index contributed by atoms with van der Waals surface area (Å²) >= 11 is 0. The first-order chi connectivity index (χ1) is 11.5. The molecule has 0 spiro atoms. The molecule has 0 bridgehead atoms. The number of hydrogen-bond acceptors (Lipinski definition) is 3. The largest absolute Gasteiger partial charge is 0.494 e. The summed E-state index contributed by atoms with van der Waals surface area (Å²) in [6, 6.07) is 10.3. The van der Waals surface area contributed by atoms with Crippen molar-refractivity contribution < 1.29 is 17.9 Å². The van der Waals surface area contributed by atoms with Gasteiger partial charge in [-0.3, -0.25) is 4.68 Å². The molecule has 2 heterocycles. The molecule has 7 heteroatoms. The lowest BCUT2D eigenvalue weighted by molar-refractivity contribution is -0.137. The highest BCUT2D eigenvalue weighted by molar-refractivity contribution is 5.67. The van der Waals surface area contributed by atoms with E-state index in [1.165, 1.54) is 13.2 Å². The zero-order chi connectivity index (χ0) is 17.2. The second kappa shape index (κ2) is 6.35. The van der Waals surface area contributed by atoms with E-state index in [0.717, 1.165) is 12.1 Å². The van der Waals surface area contributed by atoms with E-state index in [1.807, 2.05) is 0 Å². The summed E-state index contributed by atoms with van der Waals surface area (Å²) in [6.07, 6.45) is -0.969. The molecule has 1 aromatic carbocycles. The first-order valence-corrected chi connectivity index (χ1v) is 7.16. The van der Waals surface area contributed by atoms with Gasteiger partial charge in [-0.15, -0.1) is 0 Å². The Labute approximate surface area is 136 Å². The van der Waals surface area contributed by atoms with Crippen molar-refractivity contribution in [2.45, 2.75) is 12.7 Å². The lowest BCUT2D eigenvalue weighted by atomic mass is 10.1. The molecule has 24 heavy (non-hydrogen) atoms. The van der Waals surface area contributed by atoms with Gasteiger partial charge in [-0.1, -0.05) is 12.1 Å². The number of halogens is 3. The highest BCUT2D eigenvalue weighted by Gasteiger charge is 2.30. The summed E-state index contributed by atoms with van der Waals surface area (Å²) in [7, 11) is 1.46. The summed E-state index contributed by atoms with van der Waals surface area (Å²) in [5.41, 5.74) is 0.672. The fourth-order valence-corrected chi connectivity index (χ4v) is 2.35. The van der Waals surface area contributed by atoms with Crippen LogP contribution in [0.2, 0.25) is 0 Å². The molecule has 0 aliphatic carbocycles. The number of aromatic nitrogens is 3. The molecule has 0 atom stereocenters. The molecule has 0 amide bonds. The SMILES string of the molecule is COc1ccc(Cn2cccn2)nc1-c1cccc(C(F)(F)F)c1. The lowest BCUT2D eigenvalue weighted by Crippen LogP contribution is -2.06. The molecular formula is C17H14F3N3O. The third-order valence-electron chi connectivity index (χ3n) is 3.48. The minimum absolute atomic E-state index is 0.351. The summed E-state index contributed by atoms with van der Waals surface area (Å²) < 4.78 is 45.7. The fourth-order valence-electron chi connectivity index (χ4n) is 2.35. The van der Waals surface area contributed by atoms with Crippen LogP contribution in [0.5, 0.6) is 5.75 Å². The summed E-state index contributed by atoms with van der Waals surface area (Å²) in [5, 5.41) is 4.10. The van der Waals surface area contributed by atoms with Crippen molar-refractivity contribution in [3.63, 3.8) is 0 Å². The Hall–Kier alpha value is -2.83. The summed E-state index contributed by atoms with van der Waals surface area (Å²) in [4.78, 5) is 4.46. The van der Waals surface area contributed by atoms with Gasteiger partial charge in [0.2, 0.25) is 0 Å². The smallest absolute Gasteiger partial charge is 0.416 e. The fraction of sp³-hybridized carbons (Fsp3) is 0.176. The average Bonchev–Trinajstić information content (AvgIpc) is 3.07. The Bertz CT molecular complexity index is 829. The molecule has 0 saturated heterocycles. The van der Waals surface area contributed by atoms with E-state index in [-0.39, 0.29) is 0 Å². The second-order valence-corrected chi connectivity index (χ2v) is 5.14. The van der Waals surface area contributed by atoms with Crippen molar-refractivity contribution in [3.05, 3.63) is 66.1 Å². The van der Waals surface area contributed by atoms with Gasteiger partial charge in [-0.25, -0.2) is 4.98 Å². The van der Waals surface area contributed by atoms with Crippen LogP contribution in [0.15, 0.2) is 54.9 Å². The van der Waals surface area contributed by atoms with Crippen molar-refractivity contribution in [1.82, 2.24) is 14.8 Å². The van der Waals surface area contributed by atoms with Crippen LogP contribution in [0.1, 0.15) is 11.3 Å². The summed E-state index contributed by atoms with van der Waals surface area (Å²) in [5.74, 6) is 0.415. The molecule has 0 N–H and O–H groups in total. The van der Waals surface area contributed by atoms with Crippen LogP contribution in [0.25, 0.3) is 11.3 Å². The van der Waals surface area contributed by atoms with Gasteiger partial charge < -0.3 is 4.74 Å². The van der Waals surface area contributed by atoms with Crippen molar-refractivity contribution in [1.29, 1.82) is 0 Å². The maximum absolute atomic E-state index is 12.9. The maximum Gasteiger partial charge on any atom is 0.416 e. The molecule has 0 fully saturated rings. The van der Waals surface area contributed by atoms with E-state index < -0.39 is 11.7 Å². The number of hydrogen-bond donors (Lipinski definition) is 0. The molecule has 0 unspecified atom stereocenters. The molecule has 0 aliphatic rings. The number of pyridine rings is 1. The minimum atomic E-state index is -4.41. The number of nitrogens with zero attached hydrogens (tertiary/aromatic N) is 3. The molecule has 3 aromatic rings. The zero-order valence-corrected chi connectivity index (χ0v) is 12.8. The van der Waals surface area contributed by atoms with E-state index in [1.54, 1.807) is 41.3 Å². The van der Waals surface area contributed by atoms with Crippen LogP contribution in [-0.2, 0) is 12.7 Å². The first kappa shape index (κ1) is 16.0. The number of benzene rings is 1. The minimum Gasteiger partial charge on any atom is -0.494 e. The Morgan fingerprint density at radius 1 is 1.12 bits per heavy atom. The lowest BCUT2D eigenvalue weighted by Gasteiger charge is -2.12. The second-order valence-electron chi connectivity index (χ2n) is 5.14. The predicted octanol–water partition coefficient (Wildman–Crippen LogP) is 4.02. The van der Waals surface area contributed by atoms with Crippen LogP contribution in [0.4, 0.5) is 13.2 Å². The van der Waals surface area contributed by atoms with E-state index in [2.05, 4.69) is 10.1 Å². The monoisotopic (exact) mass is 333 g/mol. The van der Waals surface area contributed by atoms with Crippen LogP contribution in [0, 0.1) is 0 Å². The average molecular weight is 333 g/mol. The Kier molecular flexibility index (Phi) is 4.24. The Balaban J connectivity index is 2.02. The first-order valence-electron chi connectivity index (χ1n) is 7.16. The van der Waals surface area contributed by atoms with Gasteiger partial charge >= 0.3 is 6.18 Å². The number of methoxy groups -OCH3 is 1. The van der Waals surface area contributed by atoms with Gasteiger partial charge in [0.05, 0.1) is 24.9 Å². The van der Waals surface area contributed by atoms with Crippen LogP contribution < -0.4 is 4.74 Å². The molecule has 3 rings (SSSR count). The Morgan fingerprint density at radius 2 is 1.96 bits per heavy atom. The molecule has 0 saturated carbocycles. The van der Waals surface area contributed by atoms with Crippen LogP contribution in [0.3, 0.4) is 0 Å². The summed E-state index contributed by atoms with van der Waals surface area (Å²) in [6.45, 7) is 0.420. The van der Waals surface area contributed by atoms with Gasteiger partial charge in [0.1, 0.15) is 11.4 Å². The maximum atomic E-state index is 12.9. The van der Waals surface area contributed by atoms with Gasteiger partial charge in [0.25, 0.3) is 0 Å². The van der Waals surface area contributed by atoms with E-state index in [4.69, 9.17) is 4.74 Å². The van der Waals surface area contributed by atoms with Gasteiger partial charge in [0.15, 0.2) is 0 Å². The van der Waals surface area contributed by atoms with Gasteiger partial charge in [-0.2, -0.15) is 18.3 Å². The zero-order valence-electron chi connectivity index (χ0n) is 12.8. The van der Waals surface area contributed by atoms with Gasteiger partial charge in [-0.05, 0) is 30.3 Å². The molecule has 0 aliphatic heterocycles. The normalized spacial score (nSPS) is 11.5. The van der Waals surface area contributed by atoms with Crippen molar-refractivity contribution in [2.75, 3.05) is 7.11 Å². The van der Waals surface area contributed by atoms with Crippen molar-refractivity contribution in [3.8, 4) is 17.0 Å². The van der Waals surface area contributed by atoms with E-state index >= 15 is 0 Å². The Morgan fingerprint density at radius 3 is 2.62 bits per heavy atom. The van der Waals surface area contributed by atoms with Crippen LogP contribution >= 0.6 is 0 Å². The molecule has 4 nitrogen and oxygen atoms in total. The number of ether oxygens (including phenoxy) is 1. The topological polar surface area (TPSA) is 39.9 Å².